The van der Waals surface area contributed by atoms with E-state index >= 15 is 0 Å². The van der Waals surface area contributed by atoms with Crippen molar-refractivity contribution in [1.82, 2.24) is 15.2 Å². The van der Waals surface area contributed by atoms with Gasteiger partial charge >= 0.3 is 6.09 Å². The summed E-state index contributed by atoms with van der Waals surface area (Å²) < 4.78 is 5.29. The van der Waals surface area contributed by atoms with Crippen LogP contribution >= 0.6 is 0 Å². The minimum absolute atomic E-state index is 0.213. The van der Waals surface area contributed by atoms with E-state index in [-0.39, 0.29) is 12.1 Å². The average molecular weight is 291 g/mol. The average Bonchev–Trinajstić information content (AvgIpc) is 2.40. The summed E-state index contributed by atoms with van der Waals surface area (Å²) in [5, 5.41) is 2.96. The maximum atomic E-state index is 11.7. The number of nitrogens with zero attached hydrogens (tertiary/aromatic N) is 2. The molecule has 1 aliphatic rings. The van der Waals surface area contributed by atoms with E-state index in [0.29, 0.717) is 0 Å². The molecule has 1 N–H and O–H groups in total. The van der Waals surface area contributed by atoms with Crippen molar-refractivity contribution in [2.75, 3.05) is 13.1 Å². The molecular weight excluding hydrogens is 266 g/mol. The van der Waals surface area contributed by atoms with Crippen molar-refractivity contribution in [3.8, 4) is 0 Å². The molecule has 0 spiro atoms. The molecule has 5 heteroatoms. The topological polar surface area (TPSA) is 54.5 Å². The Labute approximate surface area is 126 Å². The maximum absolute atomic E-state index is 11.7. The van der Waals surface area contributed by atoms with Crippen molar-refractivity contribution >= 4 is 6.09 Å². The van der Waals surface area contributed by atoms with Gasteiger partial charge < -0.3 is 10.1 Å². The third-order valence-electron chi connectivity index (χ3n) is 3.44. The highest BCUT2D eigenvalue weighted by Crippen LogP contribution is 2.14. The maximum Gasteiger partial charge on any atom is 0.407 e. The second-order valence-electron chi connectivity index (χ2n) is 6.56. The molecule has 116 valence electrons. The molecule has 2 rings (SSSR count). The summed E-state index contributed by atoms with van der Waals surface area (Å²) in [5.41, 5.74) is 0.793. The Morgan fingerprint density at radius 1 is 1.43 bits per heavy atom. The molecule has 1 aromatic rings. The molecule has 1 saturated heterocycles. The highest BCUT2D eigenvalue weighted by molar-refractivity contribution is 5.68. The second kappa shape index (κ2) is 6.89. The Balaban J connectivity index is 1.72. The van der Waals surface area contributed by atoms with Gasteiger partial charge in [0.05, 0.1) is 0 Å². The van der Waals surface area contributed by atoms with Gasteiger partial charge in [-0.05, 0) is 45.2 Å². The Bertz CT molecular complexity index is 448. The number of nitrogens with one attached hydrogen (secondary N) is 1. The van der Waals surface area contributed by atoms with Crippen molar-refractivity contribution in [2.24, 2.45) is 0 Å². The van der Waals surface area contributed by atoms with Crippen LogP contribution in [0.4, 0.5) is 4.79 Å². The smallest absolute Gasteiger partial charge is 0.407 e. The molecule has 5 nitrogen and oxygen atoms in total. The molecule has 1 amide bonds. The van der Waals surface area contributed by atoms with E-state index in [2.05, 4.69) is 21.3 Å². The summed E-state index contributed by atoms with van der Waals surface area (Å²) in [6.45, 7) is 8.52. The number of pyridine rings is 1. The molecule has 1 aromatic heterocycles. The Kier molecular flexibility index (Phi) is 5.17. The first kappa shape index (κ1) is 15.8. The van der Waals surface area contributed by atoms with Gasteiger partial charge in [-0.3, -0.25) is 9.88 Å². The fourth-order valence-corrected chi connectivity index (χ4v) is 2.46. The minimum atomic E-state index is -0.439. The summed E-state index contributed by atoms with van der Waals surface area (Å²) >= 11 is 0. The highest BCUT2D eigenvalue weighted by atomic mass is 16.6. The fourth-order valence-electron chi connectivity index (χ4n) is 2.46. The minimum Gasteiger partial charge on any atom is -0.444 e. The first-order valence-corrected chi connectivity index (χ1v) is 7.53. The van der Waals surface area contributed by atoms with E-state index < -0.39 is 5.60 Å². The van der Waals surface area contributed by atoms with E-state index in [9.17, 15) is 4.79 Å². The van der Waals surface area contributed by atoms with E-state index in [4.69, 9.17) is 4.74 Å². The van der Waals surface area contributed by atoms with Gasteiger partial charge in [-0.2, -0.15) is 0 Å². The number of ether oxygens (including phenoxy) is 1. The zero-order valence-corrected chi connectivity index (χ0v) is 13.1. The predicted molar refractivity (Wildman–Crippen MR) is 81.9 cm³/mol. The Morgan fingerprint density at radius 3 is 2.71 bits per heavy atom. The molecule has 2 heterocycles. The van der Waals surface area contributed by atoms with Crippen LogP contribution in [0.2, 0.25) is 0 Å². The van der Waals surface area contributed by atoms with Gasteiger partial charge in [-0.25, -0.2) is 4.79 Å². The molecule has 0 unspecified atom stereocenters. The lowest BCUT2D eigenvalue weighted by Gasteiger charge is -2.32. The molecule has 0 radical (unpaired) electrons. The van der Waals surface area contributed by atoms with Crippen LogP contribution < -0.4 is 5.32 Å². The first-order chi connectivity index (χ1) is 9.92. The third kappa shape index (κ3) is 5.71. The van der Waals surface area contributed by atoms with Crippen LogP contribution in [-0.2, 0) is 11.3 Å². The van der Waals surface area contributed by atoms with Gasteiger partial charge in [0.15, 0.2) is 0 Å². The molecule has 1 fully saturated rings. The van der Waals surface area contributed by atoms with Crippen LogP contribution in [0, 0.1) is 0 Å². The lowest BCUT2D eigenvalue weighted by molar-refractivity contribution is 0.0477. The van der Waals surface area contributed by atoms with E-state index in [1.165, 1.54) is 5.56 Å². The first-order valence-electron chi connectivity index (χ1n) is 7.53. The predicted octanol–water partition coefficient (Wildman–Crippen LogP) is 2.57. The van der Waals surface area contributed by atoms with Gasteiger partial charge in [0, 0.05) is 38.1 Å². The molecule has 0 aromatic carbocycles. The van der Waals surface area contributed by atoms with Crippen LogP contribution in [0.3, 0.4) is 0 Å². The van der Waals surface area contributed by atoms with E-state index in [1.54, 1.807) is 6.20 Å². The number of rotatable bonds is 3. The number of hydrogen-bond donors (Lipinski definition) is 1. The number of carbonyl (C=O) groups is 1. The normalized spacial score (nSPS) is 17.5. The van der Waals surface area contributed by atoms with Crippen molar-refractivity contribution < 1.29 is 9.53 Å². The Morgan fingerprint density at radius 2 is 2.14 bits per heavy atom. The van der Waals surface area contributed by atoms with Crippen LogP contribution in [0.5, 0.6) is 0 Å². The number of hydrogen-bond acceptors (Lipinski definition) is 4. The van der Waals surface area contributed by atoms with Gasteiger partial charge in [-0.15, -0.1) is 0 Å². The summed E-state index contributed by atoms with van der Waals surface area (Å²) in [7, 11) is 0. The quantitative estimate of drug-likeness (QED) is 0.930. The SMILES string of the molecule is CC(C)(C)OC(=O)NC1CCN(Cc2cccnc2)CC1. The lowest BCUT2D eigenvalue weighted by Crippen LogP contribution is -2.45. The third-order valence-corrected chi connectivity index (χ3v) is 3.44. The van der Waals surface area contributed by atoms with Crippen molar-refractivity contribution in [1.29, 1.82) is 0 Å². The van der Waals surface area contributed by atoms with Gasteiger partial charge in [0.1, 0.15) is 5.60 Å². The Hall–Kier alpha value is -1.62. The van der Waals surface area contributed by atoms with Gasteiger partial charge in [0.25, 0.3) is 0 Å². The van der Waals surface area contributed by atoms with Gasteiger partial charge in [0.2, 0.25) is 0 Å². The number of likely N-dealkylation sites (tertiary alicyclic amines) is 1. The van der Waals surface area contributed by atoms with Crippen LogP contribution in [0.1, 0.15) is 39.2 Å². The zero-order chi connectivity index (χ0) is 15.3. The van der Waals surface area contributed by atoms with Crippen molar-refractivity contribution in [3.63, 3.8) is 0 Å². The number of alkyl carbamates (subject to hydrolysis) is 1. The second-order valence-corrected chi connectivity index (χ2v) is 6.56. The van der Waals surface area contributed by atoms with E-state index in [1.807, 2.05) is 33.0 Å². The molecule has 0 bridgehead atoms. The molecule has 0 aliphatic carbocycles. The summed E-state index contributed by atoms with van der Waals surface area (Å²) in [4.78, 5) is 18.3. The molecule has 0 saturated carbocycles. The van der Waals surface area contributed by atoms with Crippen LogP contribution in [0.15, 0.2) is 24.5 Å². The molecular formula is C16H25N3O2. The molecule has 0 atom stereocenters. The zero-order valence-electron chi connectivity index (χ0n) is 13.1. The number of aromatic nitrogens is 1. The van der Waals surface area contributed by atoms with Crippen molar-refractivity contribution in [3.05, 3.63) is 30.1 Å². The van der Waals surface area contributed by atoms with Crippen LogP contribution in [-0.4, -0.2) is 40.7 Å². The molecule has 21 heavy (non-hydrogen) atoms. The summed E-state index contributed by atoms with van der Waals surface area (Å²) in [5.74, 6) is 0. The molecule has 1 aliphatic heterocycles. The number of amides is 1. The van der Waals surface area contributed by atoms with Gasteiger partial charge in [-0.1, -0.05) is 6.07 Å². The highest BCUT2D eigenvalue weighted by Gasteiger charge is 2.23. The standard InChI is InChI=1S/C16H25N3O2/c1-16(2,3)21-15(20)18-14-6-9-19(10-7-14)12-13-5-4-8-17-11-13/h4-5,8,11,14H,6-7,9-10,12H2,1-3H3,(H,18,20). The summed E-state index contributed by atoms with van der Waals surface area (Å²) in [6.07, 6.45) is 5.30. The number of carbonyl (C=O) groups excluding carboxylic acids is 1. The fraction of sp³-hybridized carbons (Fsp3) is 0.625. The monoisotopic (exact) mass is 291 g/mol. The number of piperidine rings is 1. The largest absolute Gasteiger partial charge is 0.444 e. The van der Waals surface area contributed by atoms with E-state index in [0.717, 1.165) is 32.5 Å². The van der Waals surface area contributed by atoms with Crippen molar-refractivity contribution in [2.45, 2.75) is 51.8 Å². The summed E-state index contributed by atoms with van der Waals surface area (Å²) in [6, 6.07) is 4.27. The lowest BCUT2D eigenvalue weighted by atomic mass is 10.0. The van der Waals surface area contributed by atoms with Crippen LogP contribution in [0.25, 0.3) is 0 Å².